The number of rotatable bonds is 4. The Bertz CT molecular complexity index is 1810. The molecule has 7 nitrogen and oxygen atoms in total. The van der Waals surface area contributed by atoms with Crippen LogP contribution in [0.2, 0.25) is 5.02 Å². The Kier molecular flexibility index (Phi) is 5.32. The number of carbonyl (C=O) groups is 1. The normalized spacial score (nSPS) is 11.1. The third-order valence-electron chi connectivity index (χ3n) is 5.80. The average molecular weight is 493 g/mol. The number of para-hydroxylation sites is 2. The summed E-state index contributed by atoms with van der Waals surface area (Å²) in [6.45, 7) is 0. The molecule has 6 aromatic rings. The van der Waals surface area contributed by atoms with Crippen molar-refractivity contribution in [2.45, 2.75) is 0 Å². The molecule has 0 spiro atoms. The van der Waals surface area contributed by atoms with Crippen LogP contribution >= 0.6 is 11.6 Å². The summed E-state index contributed by atoms with van der Waals surface area (Å²) in [6.07, 6.45) is 0. The minimum Gasteiger partial charge on any atom is -0.422 e. The predicted octanol–water partition coefficient (Wildman–Crippen LogP) is 6.10. The maximum atomic E-state index is 12.9. The van der Waals surface area contributed by atoms with Gasteiger partial charge >= 0.3 is 5.63 Å². The first-order valence-corrected chi connectivity index (χ1v) is 11.5. The van der Waals surface area contributed by atoms with Crippen molar-refractivity contribution >= 4 is 45.2 Å². The van der Waals surface area contributed by atoms with E-state index < -0.39 is 5.63 Å². The summed E-state index contributed by atoms with van der Waals surface area (Å²) in [7, 11) is 0. The van der Waals surface area contributed by atoms with Crippen molar-refractivity contribution in [2.24, 2.45) is 0 Å². The van der Waals surface area contributed by atoms with Gasteiger partial charge in [-0.1, -0.05) is 60.1 Å². The van der Waals surface area contributed by atoms with E-state index in [-0.39, 0.29) is 5.91 Å². The van der Waals surface area contributed by atoms with Crippen LogP contribution in [0, 0.1) is 0 Å². The highest BCUT2D eigenvalue weighted by Gasteiger charge is 2.14. The average Bonchev–Trinajstić information content (AvgIpc) is 3.32. The molecule has 2 aromatic heterocycles. The van der Waals surface area contributed by atoms with Crippen LogP contribution in [0.5, 0.6) is 0 Å². The highest BCUT2D eigenvalue weighted by atomic mass is 35.5. The first-order valence-electron chi connectivity index (χ1n) is 11.1. The number of anilines is 1. The molecule has 0 saturated heterocycles. The summed E-state index contributed by atoms with van der Waals surface area (Å²) in [5.41, 5.74) is 4.03. The standard InChI is InChI=1S/C28H17ClN4O3/c29-22-15-24-25(32-33(31-24)20-7-2-1-3-8-20)16-23(22)30-27(34)18-12-10-17(11-13-18)21-14-19-6-4-5-9-26(19)36-28(21)35/h1-16H,(H,30,34). The fraction of sp³-hybridized carbons (Fsp3) is 0. The van der Waals surface area contributed by atoms with E-state index >= 15 is 0 Å². The van der Waals surface area contributed by atoms with Gasteiger partial charge in [0.25, 0.3) is 5.91 Å². The highest BCUT2D eigenvalue weighted by molar-refractivity contribution is 6.34. The summed E-state index contributed by atoms with van der Waals surface area (Å²) in [4.78, 5) is 26.9. The van der Waals surface area contributed by atoms with Gasteiger partial charge in [-0.05, 0) is 54.1 Å². The molecule has 0 atom stereocenters. The molecule has 0 aliphatic heterocycles. The molecule has 0 unspecified atom stereocenters. The van der Waals surface area contributed by atoms with E-state index in [1.165, 1.54) is 4.80 Å². The van der Waals surface area contributed by atoms with Crippen molar-refractivity contribution in [1.29, 1.82) is 0 Å². The third-order valence-corrected chi connectivity index (χ3v) is 6.12. The molecule has 1 amide bonds. The second-order valence-electron chi connectivity index (χ2n) is 8.16. The van der Waals surface area contributed by atoms with Crippen LogP contribution in [-0.2, 0) is 0 Å². The van der Waals surface area contributed by atoms with Crippen molar-refractivity contribution < 1.29 is 9.21 Å². The number of hydrogen-bond acceptors (Lipinski definition) is 5. The van der Waals surface area contributed by atoms with Gasteiger partial charge in [0.05, 0.1) is 22.0 Å². The Balaban J connectivity index is 1.26. The first-order chi connectivity index (χ1) is 17.5. The van der Waals surface area contributed by atoms with E-state index in [9.17, 15) is 9.59 Å². The number of fused-ring (bicyclic) bond motifs is 2. The Morgan fingerprint density at radius 2 is 1.53 bits per heavy atom. The van der Waals surface area contributed by atoms with E-state index in [0.29, 0.717) is 44.0 Å². The second kappa shape index (κ2) is 8.79. The number of nitrogens with one attached hydrogen (secondary N) is 1. The third kappa shape index (κ3) is 4.01. The van der Waals surface area contributed by atoms with Crippen LogP contribution in [0.25, 0.3) is 38.8 Å². The van der Waals surface area contributed by atoms with Crippen molar-refractivity contribution in [2.75, 3.05) is 5.32 Å². The van der Waals surface area contributed by atoms with Crippen molar-refractivity contribution in [3.63, 3.8) is 0 Å². The SMILES string of the molecule is O=C(Nc1cc2nn(-c3ccccc3)nc2cc1Cl)c1ccc(-c2cc3ccccc3oc2=O)cc1. The summed E-state index contributed by atoms with van der Waals surface area (Å²) < 4.78 is 5.42. The molecular formula is C28H17ClN4O3. The van der Waals surface area contributed by atoms with E-state index in [4.69, 9.17) is 16.0 Å². The molecule has 6 rings (SSSR count). The number of aromatic nitrogens is 3. The lowest BCUT2D eigenvalue weighted by molar-refractivity contribution is 0.102. The zero-order valence-electron chi connectivity index (χ0n) is 18.7. The lowest BCUT2D eigenvalue weighted by Gasteiger charge is -2.08. The monoisotopic (exact) mass is 492 g/mol. The van der Waals surface area contributed by atoms with Crippen LogP contribution in [0.1, 0.15) is 10.4 Å². The Morgan fingerprint density at radius 3 is 2.31 bits per heavy atom. The fourth-order valence-electron chi connectivity index (χ4n) is 3.97. The number of hydrogen-bond donors (Lipinski definition) is 1. The van der Waals surface area contributed by atoms with Crippen LogP contribution in [0.3, 0.4) is 0 Å². The highest BCUT2D eigenvalue weighted by Crippen LogP contribution is 2.28. The number of benzene rings is 4. The minimum atomic E-state index is -0.436. The predicted molar refractivity (Wildman–Crippen MR) is 140 cm³/mol. The number of amides is 1. The Hall–Kier alpha value is -4.75. The maximum absolute atomic E-state index is 12.9. The van der Waals surface area contributed by atoms with Gasteiger partial charge in [0.1, 0.15) is 16.6 Å². The van der Waals surface area contributed by atoms with Crippen LogP contribution in [0.4, 0.5) is 5.69 Å². The Morgan fingerprint density at radius 1 is 0.833 bits per heavy atom. The summed E-state index contributed by atoms with van der Waals surface area (Å²) in [5.74, 6) is -0.344. The van der Waals surface area contributed by atoms with Gasteiger partial charge in [-0.2, -0.15) is 4.80 Å². The second-order valence-corrected chi connectivity index (χ2v) is 8.57. The van der Waals surface area contributed by atoms with Gasteiger partial charge < -0.3 is 9.73 Å². The first kappa shape index (κ1) is 21.8. The number of carbonyl (C=O) groups excluding carboxylic acids is 1. The smallest absolute Gasteiger partial charge is 0.344 e. The fourth-order valence-corrected chi connectivity index (χ4v) is 4.17. The molecule has 174 valence electrons. The summed E-state index contributed by atoms with van der Waals surface area (Å²) in [6, 6.07) is 28.7. The van der Waals surface area contributed by atoms with Crippen molar-refractivity contribution in [3.8, 4) is 16.8 Å². The van der Waals surface area contributed by atoms with E-state index in [1.807, 2.05) is 48.5 Å². The number of nitrogens with zero attached hydrogens (tertiary/aromatic N) is 3. The molecule has 0 fully saturated rings. The lowest BCUT2D eigenvalue weighted by atomic mass is 10.0. The van der Waals surface area contributed by atoms with Crippen LogP contribution < -0.4 is 10.9 Å². The van der Waals surface area contributed by atoms with Crippen LogP contribution in [-0.4, -0.2) is 20.9 Å². The van der Waals surface area contributed by atoms with Gasteiger partial charge in [0.2, 0.25) is 0 Å². The molecule has 4 aromatic carbocycles. The quantitative estimate of drug-likeness (QED) is 0.300. The zero-order chi connectivity index (χ0) is 24.6. The molecule has 0 radical (unpaired) electrons. The van der Waals surface area contributed by atoms with Crippen molar-refractivity contribution in [1.82, 2.24) is 15.0 Å². The number of halogens is 1. The van der Waals surface area contributed by atoms with E-state index in [0.717, 1.165) is 11.1 Å². The van der Waals surface area contributed by atoms with Gasteiger partial charge in [0, 0.05) is 10.9 Å². The van der Waals surface area contributed by atoms with E-state index in [1.54, 1.807) is 48.5 Å². The molecule has 1 N–H and O–H groups in total. The molecule has 8 heteroatoms. The molecule has 0 aliphatic carbocycles. The van der Waals surface area contributed by atoms with E-state index in [2.05, 4.69) is 15.5 Å². The molecule has 0 saturated carbocycles. The lowest BCUT2D eigenvalue weighted by Crippen LogP contribution is -2.12. The van der Waals surface area contributed by atoms with Gasteiger partial charge in [-0.25, -0.2) is 4.79 Å². The molecule has 36 heavy (non-hydrogen) atoms. The van der Waals surface area contributed by atoms with Crippen LogP contribution in [0.15, 0.2) is 106 Å². The molecule has 0 bridgehead atoms. The minimum absolute atomic E-state index is 0.344. The van der Waals surface area contributed by atoms with Crippen molar-refractivity contribution in [3.05, 3.63) is 118 Å². The van der Waals surface area contributed by atoms with Gasteiger partial charge in [-0.3, -0.25) is 4.79 Å². The summed E-state index contributed by atoms with van der Waals surface area (Å²) >= 11 is 6.42. The van der Waals surface area contributed by atoms with Gasteiger partial charge in [0.15, 0.2) is 0 Å². The molecule has 0 aliphatic rings. The zero-order valence-corrected chi connectivity index (χ0v) is 19.4. The van der Waals surface area contributed by atoms with Gasteiger partial charge in [-0.15, -0.1) is 10.2 Å². The Labute approximate surface area is 209 Å². The maximum Gasteiger partial charge on any atom is 0.344 e. The largest absolute Gasteiger partial charge is 0.422 e. The topological polar surface area (TPSA) is 90.0 Å². The summed E-state index contributed by atoms with van der Waals surface area (Å²) in [5, 5.41) is 13.0. The molecule has 2 heterocycles. The molecular weight excluding hydrogens is 476 g/mol.